The number of amides is 1. The third-order valence-electron chi connectivity index (χ3n) is 5.92. The van der Waals surface area contributed by atoms with Crippen molar-refractivity contribution >= 4 is 12.1 Å². The van der Waals surface area contributed by atoms with Gasteiger partial charge in [0.05, 0.1) is 23.4 Å². The molecule has 0 unspecified atom stereocenters. The molecule has 0 radical (unpaired) electrons. The first kappa shape index (κ1) is 26.2. The van der Waals surface area contributed by atoms with E-state index in [4.69, 9.17) is 4.74 Å². The smallest absolute Gasteiger partial charge is 0.416 e. The van der Waals surface area contributed by atoms with E-state index in [9.17, 15) is 23.2 Å². The summed E-state index contributed by atoms with van der Waals surface area (Å²) in [6.07, 6.45) is -3.08. The molecule has 6 nitrogen and oxygen atoms in total. The summed E-state index contributed by atoms with van der Waals surface area (Å²) in [4.78, 5) is 12.3. The number of ether oxygens (including phenoxy) is 1. The van der Waals surface area contributed by atoms with Gasteiger partial charge < -0.3 is 9.30 Å². The number of rotatable bonds is 7. The van der Waals surface area contributed by atoms with E-state index < -0.39 is 17.6 Å². The minimum atomic E-state index is -4.54. The Morgan fingerprint density at radius 2 is 1.79 bits per heavy atom. The standard InChI is InChI=1S/C29H23F3N4O2/c1-19-14-24(17-34-35-28(37)21-8-5-9-25(15-21)29(30,31)32)20(2)36(19)26-10-12-27(13-11-26)38-18-23-7-4-3-6-22(23)16-33/h3-15,17H,18H2,1-2H3,(H,35,37)/b34-17-. The molecule has 3 aromatic carbocycles. The van der Waals surface area contributed by atoms with Crippen molar-refractivity contribution in [3.8, 4) is 17.5 Å². The Morgan fingerprint density at radius 3 is 2.50 bits per heavy atom. The predicted octanol–water partition coefficient (Wildman–Crippen LogP) is 6.33. The molecule has 192 valence electrons. The van der Waals surface area contributed by atoms with Crippen molar-refractivity contribution in [3.63, 3.8) is 0 Å². The van der Waals surface area contributed by atoms with Gasteiger partial charge in [0.15, 0.2) is 0 Å². The Bertz CT molecular complexity index is 1530. The number of nitriles is 1. The van der Waals surface area contributed by atoms with Crippen LogP contribution in [0.4, 0.5) is 13.2 Å². The SMILES string of the molecule is Cc1cc(/C=N\NC(=O)c2cccc(C(F)(F)F)c2)c(C)n1-c1ccc(OCc2ccccc2C#N)cc1. The molecule has 0 saturated heterocycles. The van der Waals surface area contributed by atoms with Crippen LogP contribution in [-0.2, 0) is 12.8 Å². The minimum absolute atomic E-state index is 0.138. The topological polar surface area (TPSA) is 79.4 Å². The van der Waals surface area contributed by atoms with Crippen LogP contribution in [0.2, 0.25) is 0 Å². The molecule has 4 rings (SSSR count). The summed E-state index contributed by atoms with van der Waals surface area (Å²) in [6.45, 7) is 4.10. The van der Waals surface area contributed by atoms with E-state index in [1.165, 1.54) is 18.3 Å². The number of nitrogens with zero attached hydrogens (tertiary/aromatic N) is 3. The minimum Gasteiger partial charge on any atom is -0.489 e. The number of halogens is 3. The number of benzene rings is 3. The highest BCUT2D eigenvalue weighted by molar-refractivity contribution is 5.95. The summed E-state index contributed by atoms with van der Waals surface area (Å²) in [5.74, 6) is -0.0859. The van der Waals surface area contributed by atoms with Crippen molar-refractivity contribution in [1.82, 2.24) is 9.99 Å². The number of hydrogen-bond donors (Lipinski definition) is 1. The van der Waals surface area contributed by atoms with Gasteiger partial charge in [-0.2, -0.15) is 23.5 Å². The summed E-state index contributed by atoms with van der Waals surface area (Å²) in [7, 11) is 0. The zero-order chi connectivity index (χ0) is 27.3. The summed E-state index contributed by atoms with van der Waals surface area (Å²) >= 11 is 0. The van der Waals surface area contributed by atoms with Gasteiger partial charge in [-0.15, -0.1) is 0 Å². The van der Waals surface area contributed by atoms with Crippen LogP contribution < -0.4 is 10.2 Å². The van der Waals surface area contributed by atoms with Crippen LogP contribution in [-0.4, -0.2) is 16.7 Å². The first-order valence-corrected chi connectivity index (χ1v) is 11.6. The van der Waals surface area contributed by atoms with E-state index >= 15 is 0 Å². The van der Waals surface area contributed by atoms with Crippen LogP contribution >= 0.6 is 0 Å². The highest BCUT2D eigenvalue weighted by Crippen LogP contribution is 2.29. The third kappa shape index (κ3) is 5.93. The van der Waals surface area contributed by atoms with E-state index in [-0.39, 0.29) is 12.2 Å². The fourth-order valence-electron chi connectivity index (χ4n) is 3.99. The number of nitrogens with one attached hydrogen (secondary N) is 1. The zero-order valence-electron chi connectivity index (χ0n) is 20.6. The molecule has 0 saturated carbocycles. The highest BCUT2D eigenvalue weighted by atomic mass is 19.4. The predicted molar refractivity (Wildman–Crippen MR) is 137 cm³/mol. The quantitative estimate of drug-likeness (QED) is 0.230. The molecule has 0 aliphatic heterocycles. The summed E-state index contributed by atoms with van der Waals surface area (Å²) in [5, 5.41) is 13.2. The van der Waals surface area contributed by atoms with E-state index in [0.717, 1.165) is 40.3 Å². The van der Waals surface area contributed by atoms with Crippen LogP contribution in [0.1, 0.15) is 44.0 Å². The molecule has 1 aromatic heterocycles. The zero-order valence-corrected chi connectivity index (χ0v) is 20.6. The van der Waals surface area contributed by atoms with Crippen molar-refractivity contribution in [2.45, 2.75) is 26.6 Å². The van der Waals surface area contributed by atoms with Gasteiger partial charge in [-0.3, -0.25) is 4.79 Å². The van der Waals surface area contributed by atoms with Gasteiger partial charge in [-0.25, -0.2) is 5.43 Å². The van der Waals surface area contributed by atoms with Crippen molar-refractivity contribution in [1.29, 1.82) is 5.26 Å². The number of hydrogen-bond acceptors (Lipinski definition) is 4. The van der Waals surface area contributed by atoms with Crippen LogP contribution in [0.5, 0.6) is 5.75 Å². The third-order valence-corrected chi connectivity index (χ3v) is 5.92. The number of carbonyl (C=O) groups is 1. The maximum atomic E-state index is 12.9. The first-order chi connectivity index (χ1) is 18.2. The van der Waals surface area contributed by atoms with Crippen LogP contribution in [0.3, 0.4) is 0 Å². The Hall–Kier alpha value is -4.84. The van der Waals surface area contributed by atoms with Crippen molar-refractivity contribution in [2.75, 3.05) is 0 Å². The average Bonchev–Trinajstić information content (AvgIpc) is 3.19. The second-order valence-electron chi connectivity index (χ2n) is 8.49. The molecule has 38 heavy (non-hydrogen) atoms. The molecular weight excluding hydrogens is 493 g/mol. The van der Waals surface area contributed by atoms with Gasteiger partial charge in [-0.05, 0) is 68.4 Å². The Kier molecular flexibility index (Phi) is 7.63. The summed E-state index contributed by atoms with van der Waals surface area (Å²) < 4.78 is 46.6. The fourth-order valence-corrected chi connectivity index (χ4v) is 3.99. The molecular formula is C29H23F3N4O2. The van der Waals surface area contributed by atoms with Crippen LogP contribution in [0, 0.1) is 25.2 Å². The van der Waals surface area contributed by atoms with Crippen LogP contribution in [0.25, 0.3) is 5.69 Å². The maximum Gasteiger partial charge on any atom is 0.416 e. The van der Waals surface area contributed by atoms with E-state index in [2.05, 4.69) is 16.6 Å². The second kappa shape index (κ2) is 11.0. The number of hydrazone groups is 1. The molecule has 1 heterocycles. The highest BCUT2D eigenvalue weighted by Gasteiger charge is 2.30. The average molecular weight is 517 g/mol. The van der Waals surface area contributed by atoms with Gasteiger partial charge in [-0.1, -0.05) is 24.3 Å². The first-order valence-electron chi connectivity index (χ1n) is 11.6. The number of aryl methyl sites for hydroxylation is 1. The normalized spacial score (nSPS) is 11.4. The molecule has 4 aromatic rings. The lowest BCUT2D eigenvalue weighted by Crippen LogP contribution is -2.18. The Labute approximate surface area is 217 Å². The molecule has 0 atom stereocenters. The number of carbonyl (C=O) groups excluding carboxylic acids is 1. The lowest BCUT2D eigenvalue weighted by Gasteiger charge is -2.12. The van der Waals surface area contributed by atoms with Gasteiger partial charge in [0, 0.05) is 33.8 Å². The molecule has 0 fully saturated rings. The van der Waals surface area contributed by atoms with Gasteiger partial charge in [0.25, 0.3) is 5.91 Å². The van der Waals surface area contributed by atoms with Crippen molar-refractivity contribution < 1.29 is 22.7 Å². The fraction of sp³-hybridized carbons (Fsp3) is 0.138. The van der Waals surface area contributed by atoms with Gasteiger partial charge in [0.2, 0.25) is 0 Å². The molecule has 0 aliphatic carbocycles. The maximum absolute atomic E-state index is 12.9. The van der Waals surface area contributed by atoms with E-state index in [1.54, 1.807) is 6.07 Å². The number of alkyl halides is 3. The van der Waals surface area contributed by atoms with Gasteiger partial charge in [0.1, 0.15) is 12.4 Å². The molecule has 0 aliphatic rings. The van der Waals surface area contributed by atoms with Gasteiger partial charge >= 0.3 is 6.18 Å². The summed E-state index contributed by atoms with van der Waals surface area (Å²) in [6, 6.07) is 23.0. The Balaban J connectivity index is 1.43. The van der Waals surface area contributed by atoms with E-state index in [1.807, 2.05) is 66.9 Å². The summed E-state index contributed by atoms with van der Waals surface area (Å²) in [5.41, 5.74) is 6.02. The molecule has 0 bridgehead atoms. The monoisotopic (exact) mass is 516 g/mol. The van der Waals surface area contributed by atoms with Crippen molar-refractivity contribution in [3.05, 3.63) is 118 Å². The second-order valence-corrected chi connectivity index (χ2v) is 8.49. The lowest BCUT2D eigenvalue weighted by atomic mass is 10.1. The lowest BCUT2D eigenvalue weighted by molar-refractivity contribution is -0.137. The van der Waals surface area contributed by atoms with Crippen molar-refractivity contribution in [2.24, 2.45) is 5.10 Å². The number of aromatic nitrogens is 1. The molecule has 1 amide bonds. The molecule has 0 spiro atoms. The molecule has 1 N–H and O–H groups in total. The van der Waals surface area contributed by atoms with E-state index in [0.29, 0.717) is 11.3 Å². The van der Waals surface area contributed by atoms with Crippen LogP contribution in [0.15, 0.2) is 84.0 Å². The largest absolute Gasteiger partial charge is 0.489 e. The Morgan fingerprint density at radius 1 is 1.05 bits per heavy atom. The molecule has 9 heteroatoms.